The van der Waals surface area contributed by atoms with E-state index in [4.69, 9.17) is 0 Å². The minimum atomic E-state index is -4.59. The summed E-state index contributed by atoms with van der Waals surface area (Å²) < 4.78 is 65.6. The minimum Gasteiger partial charge on any atom is -0.330 e. The summed E-state index contributed by atoms with van der Waals surface area (Å²) in [6, 6.07) is 8.93. The zero-order valence-electron chi connectivity index (χ0n) is 10.2. The molecular formula is C12H7F3N2O2S2. The molecule has 0 radical (unpaired) electrons. The van der Waals surface area contributed by atoms with Crippen molar-refractivity contribution in [2.24, 2.45) is 4.40 Å². The number of anilines is 1. The van der Waals surface area contributed by atoms with Gasteiger partial charge in [0, 0.05) is 5.56 Å². The number of benzene rings is 1. The summed E-state index contributed by atoms with van der Waals surface area (Å²) in [5, 5.41) is 2.58. The van der Waals surface area contributed by atoms with Crippen molar-refractivity contribution >= 4 is 32.2 Å². The summed E-state index contributed by atoms with van der Waals surface area (Å²) >= 11 is 0.347. The molecule has 4 nitrogen and oxygen atoms in total. The third kappa shape index (κ3) is 2.54. The van der Waals surface area contributed by atoms with Gasteiger partial charge in [-0.15, -0.1) is 15.7 Å². The van der Waals surface area contributed by atoms with E-state index in [2.05, 4.69) is 9.71 Å². The quantitative estimate of drug-likeness (QED) is 0.871. The number of nitrogens with zero attached hydrogens (tertiary/aromatic N) is 1. The number of sulfonamides is 1. The highest BCUT2D eigenvalue weighted by Crippen LogP contribution is 2.43. The topological polar surface area (TPSA) is 58.5 Å². The van der Waals surface area contributed by atoms with Gasteiger partial charge in [0.1, 0.15) is 14.8 Å². The molecule has 9 heteroatoms. The second-order valence-corrected chi connectivity index (χ2v) is 6.83. The van der Waals surface area contributed by atoms with Gasteiger partial charge in [0.2, 0.25) is 0 Å². The van der Waals surface area contributed by atoms with Gasteiger partial charge < -0.3 is 5.32 Å². The highest BCUT2D eigenvalue weighted by molar-refractivity contribution is 7.90. The van der Waals surface area contributed by atoms with E-state index in [0.717, 1.165) is 0 Å². The molecule has 0 unspecified atom stereocenters. The maximum absolute atomic E-state index is 12.7. The summed E-state index contributed by atoms with van der Waals surface area (Å²) in [7, 11) is -4.14. The van der Waals surface area contributed by atoms with Gasteiger partial charge >= 0.3 is 6.18 Å². The molecule has 0 fully saturated rings. The van der Waals surface area contributed by atoms with Crippen LogP contribution in [-0.4, -0.2) is 14.3 Å². The minimum absolute atomic E-state index is 0.0127. The Morgan fingerprint density at radius 3 is 2.43 bits per heavy atom. The van der Waals surface area contributed by atoms with Crippen LogP contribution in [0.4, 0.5) is 18.2 Å². The van der Waals surface area contributed by atoms with Crippen LogP contribution in [-0.2, 0) is 16.2 Å². The summed E-state index contributed by atoms with van der Waals surface area (Å²) in [6.07, 6.45) is -4.59. The molecule has 21 heavy (non-hydrogen) atoms. The average molecular weight is 332 g/mol. The van der Waals surface area contributed by atoms with E-state index < -0.39 is 26.0 Å². The molecule has 2 heterocycles. The van der Waals surface area contributed by atoms with Crippen molar-refractivity contribution in [3.05, 3.63) is 46.8 Å². The molecule has 0 aliphatic carbocycles. The van der Waals surface area contributed by atoms with Crippen LogP contribution in [0.15, 0.2) is 45.7 Å². The van der Waals surface area contributed by atoms with E-state index in [1.807, 2.05) is 0 Å². The number of amidine groups is 1. The normalized spacial score (nSPS) is 16.8. The molecule has 0 saturated heterocycles. The number of fused-ring (bicyclic) bond motifs is 1. The van der Waals surface area contributed by atoms with E-state index in [9.17, 15) is 21.6 Å². The Morgan fingerprint density at radius 2 is 1.81 bits per heavy atom. The Hall–Kier alpha value is -1.87. The number of halogens is 3. The molecule has 0 bridgehead atoms. The van der Waals surface area contributed by atoms with Gasteiger partial charge in [0.25, 0.3) is 10.0 Å². The molecule has 1 aliphatic heterocycles. The largest absolute Gasteiger partial charge is 0.425 e. The van der Waals surface area contributed by atoms with Crippen LogP contribution in [0.5, 0.6) is 0 Å². The first-order chi connectivity index (χ1) is 9.77. The predicted molar refractivity (Wildman–Crippen MR) is 73.1 cm³/mol. The fraction of sp³-hybridized carbons (Fsp3) is 0.0833. The number of hydrogen-bond donors (Lipinski definition) is 1. The molecule has 0 atom stereocenters. The van der Waals surface area contributed by atoms with Crippen LogP contribution in [0.1, 0.15) is 10.4 Å². The average Bonchev–Trinajstić information content (AvgIpc) is 2.84. The molecule has 1 N–H and O–H groups in total. The lowest BCUT2D eigenvalue weighted by molar-refractivity contribution is -0.134. The maximum Gasteiger partial charge on any atom is 0.425 e. The molecule has 110 valence electrons. The molecule has 0 saturated carbocycles. The second kappa shape index (κ2) is 4.57. The second-order valence-electron chi connectivity index (χ2n) is 4.21. The van der Waals surface area contributed by atoms with E-state index in [0.29, 0.717) is 23.0 Å². The van der Waals surface area contributed by atoms with Gasteiger partial charge in [-0.1, -0.05) is 30.3 Å². The highest BCUT2D eigenvalue weighted by atomic mass is 32.2. The SMILES string of the molecule is O=S1(=O)N=C(c2ccccc2)Nc2sc(C(F)(F)F)cc21. The number of alkyl halides is 3. The molecule has 1 aliphatic rings. The van der Waals surface area contributed by atoms with Crippen molar-refractivity contribution in [1.82, 2.24) is 0 Å². The summed E-state index contributed by atoms with van der Waals surface area (Å²) in [5.41, 5.74) is 0.480. The molecule has 1 aromatic carbocycles. The summed E-state index contributed by atoms with van der Waals surface area (Å²) in [5.74, 6) is 0.0127. The zero-order chi connectivity index (χ0) is 15.3. The van der Waals surface area contributed by atoms with E-state index in [1.54, 1.807) is 30.3 Å². The van der Waals surface area contributed by atoms with Gasteiger partial charge in [-0.2, -0.15) is 21.6 Å². The van der Waals surface area contributed by atoms with Gasteiger partial charge in [0.05, 0.1) is 0 Å². The molecule has 0 spiro atoms. The number of rotatable bonds is 1. The lowest BCUT2D eigenvalue weighted by Crippen LogP contribution is -2.20. The molecule has 0 amide bonds. The first kappa shape index (κ1) is 14.1. The Labute approximate surface area is 122 Å². The molecule has 3 rings (SSSR count). The Kier molecular flexibility index (Phi) is 3.06. The fourth-order valence-corrected chi connectivity index (χ4v) is 4.19. The Balaban J connectivity index is 2.10. The van der Waals surface area contributed by atoms with Crippen molar-refractivity contribution in [2.45, 2.75) is 11.1 Å². The van der Waals surface area contributed by atoms with Gasteiger partial charge in [-0.3, -0.25) is 0 Å². The van der Waals surface area contributed by atoms with Crippen LogP contribution >= 0.6 is 11.3 Å². The van der Waals surface area contributed by atoms with Crippen LogP contribution in [0.3, 0.4) is 0 Å². The van der Waals surface area contributed by atoms with Crippen molar-refractivity contribution < 1.29 is 21.6 Å². The highest BCUT2D eigenvalue weighted by Gasteiger charge is 2.38. The lowest BCUT2D eigenvalue weighted by atomic mass is 10.2. The maximum atomic E-state index is 12.7. The van der Waals surface area contributed by atoms with E-state index >= 15 is 0 Å². The Bertz CT molecular complexity index is 824. The van der Waals surface area contributed by atoms with Crippen LogP contribution in [0, 0.1) is 0 Å². The third-order valence-corrected chi connectivity index (χ3v) is 5.27. The molecule has 2 aromatic rings. The first-order valence-electron chi connectivity index (χ1n) is 5.66. The summed E-state index contributed by atoms with van der Waals surface area (Å²) in [6.45, 7) is 0. The van der Waals surface area contributed by atoms with Gasteiger partial charge in [-0.05, 0) is 6.07 Å². The summed E-state index contributed by atoms with van der Waals surface area (Å²) in [4.78, 5) is -1.42. The van der Waals surface area contributed by atoms with Crippen LogP contribution < -0.4 is 5.32 Å². The monoisotopic (exact) mass is 332 g/mol. The number of thiophene rings is 1. The first-order valence-corrected chi connectivity index (χ1v) is 7.91. The van der Waals surface area contributed by atoms with Crippen LogP contribution in [0.25, 0.3) is 0 Å². The number of nitrogens with one attached hydrogen (secondary N) is 1. The smallest absolute Gasteiger partial charge is 0.330 e. The molecule has 1 aromatic heterocycles. The van der Waals surface area contributed by atoms with Crippen molar-refractivity contribution in [2.75, 3.05) is 5.32 Å². The van der Waals surface area contributed by atoms with E-state index in [-0.39, 0.29) is 10.8 Å². The van der Waals surface area contributed by atoms with Crippen LogP contribution in [0.2, 0.25) is 0 Å². The lowest BCUT2D eigenvalue weighted by Gasteiger charge is -2.14. The van der Waals surface area contributed by atoms with Crippen molar-refractivity contribution in [3.8, 4) is 0 Å². The predicted octanol–water partition coefficient (Wildman–Crippen LogP) is 3.33. The van der Waals surface area contributed by atoms with E-state index in [1.165, 1.54) is 0 Å². The zero-order valence-corrected chi connectivity index (χ0v) is 11.8. The van der Waals surface area contributed by atoms with Crippen molar-refractivity contribution in [1.29, 1.82) is 0 Å². The number of hydrogen-bond acceptors (Lipinski definition) is 4. The molecular weight excluding hydrogens is 325 g/mol. The Morgan fingerprint density at radius 1 is 1.14 bits per heavy atom. The fourth-order valence-electron chi connectivity index (χ4n) is 1.81. The standard InChI is InChI=1S/C12H7F3N2O2S2/c13-12(14,15)9-6-8-11(20-9)16-10(17-21(8,18)19)7-4-2-1-3-5-7/h1-6H,(H,16,17). The third-order valence-electron chi connectivity index (χ3n) is 2.75. The van der Waals surface area contributed by atoms with Crippen molar-refractivity contribution in [3.63, 3.8) is 0 Å². The van der Waals surface area contributed by atoms with Gasteiger partial charge in [-0.25, -0.2) is 0 Å². The van der Waals surface area contributed by atoms with Gasteiger partial charge in [0.15, 0.2) is 5.84 Å².